The number of nitrogens with zero attached hydrogens (tertiary/aromatic N) is 1. The van der Waals surface area contributed by atoms with Crippen molar-refractivity contribution in [3.8, 4) is 0 Å². The van der Waals surface area contributed by atoms with Crippen LogP contribution >= 0.6 is 0 Å². The summed E-state index contributed by atoms with van der Waals surface area (Å²) in [6.45, 7) is 4.63. The molecule has 0 heterocycles. The van der Waals surface area contributed by atoms with Crippen LogP contribution in [0.2, 0.25) is 0 Å². The minimum Gasteiger partial charge on any atom is -0.446 e. The van der Waals surface area contributed by atoms with Crippen molar-refractivity contribution in [2.24, 2.45) is 0 Å². The zero-order chi connectivity index (χ0) is 9.40. The number of ether oxygens (including phenoxy) is 1. The number of rotatable bonds is 3. The molecule has 5 nitrogen and oxygen atoms in total. The molecule has 0 spiro atoms. The van der Waals surface area contributed by atoms with Crippen LogP contribution in [0.25, 0.3) is 4.85 Å². The van der Waals surface area contributed by atoms with Gasteiger partial charge in [0, 0.05) is 0 Å². The van der Waals surface area contributed by atoms with Gasteiger partial charge in [0.25, 0.3) is 6.54 Å². The van der Waals surface area contributed by atoms with Crippen LogP contribution in [0.5, 0.6) is 0 Å². The van der Waals surface area contributed by atoms with Crippen molar-refractivity contribution in [2.75, 3.05) is 19.8 Å². The molecular formula is C6H7FN2O3. The number of alkyl carbamates (subject to hydrolysis) is 1. The van der Waals surface area contributed by atoms with Crippen molar-refractivity contribution in [3.05, 3.63) is 11.4 Å². The molecule has 0 radical (unpaired) electrons. The molecule has 0 aliphatic rings. The van der Waals surface area contributed by atoms with E-state index in [1.807, 2.05) is 0 Å². The van der Waals surface area contributed by atoms with E-state index < -0.39 is 31.8 Å². The zero-order valence-corrected chi connectivity index (χ0v) is 6.17. The Labute approximate surface area is 68.3 Å². The maximum atomic E-state index is 11.4. The molecule has 0 saturated carbocycles. The average molecular weight is 174 g/mol. The summed E-state index contributed by atoms with van der Waals surface area (Å²) in [6, 6.07) is 0. The predicted octanol–water partition coefficient (Wildman–Crippen LogP) is 0.128. The third-order valence-electron chi connectivity index (χ3n) is 0.774. The third-order valence-corrected chi connectivity index (χ3v) is 0.774. The molecule has 0 aliphatic carbocycles. The maximum absolute atomic E-state index is 11.4. The predicted molar refractivity (Wildman–Crippen MR) is 36.9 cm³/mol. The van der Waals surface area contributed by atoms with Gasteiger partial charge in [-0.1, -0.05) is 0 Å². The first-order valence-corrected chi connectivity index (χ1v) is 3.06. The molecule has 0 unspecified atom stereocenters. The van der Waals surface area contributed by atoms with E-state index in [2.05, 4.69) is 9.58 Å². The van der Waals surface area contributed by atoms with Crippen molar-refractivity contribution < 1.29 is 18.7 Å². The summed E-state index contributed by atoms with van der Waals surface area (Å²) in [5.41, 5.74) is 0. The molecule has 0 aromatic heterocycles. The van der Waals surface area contributed by atoms with E-state index in [1.165, 1.54) is 0 Å². The second kappa shape index (κ2) is 6.09. The molecule has 0 fully saturated rings. The Kier molecular flexibility index (Phi) is 5.26. The number of hydrogen-bond acceptors (Lipinski definition) is 3. The number of imide groups is 1. The summed E-state index contributed by atoms with van der Waals surface area (Å²) < 4.78 is 15.6. The van der Waals surface area contributed by atoms with Gasteiger partial charge in [-0.15, -0.1) is 0 Å². The Hall–Kier alpha value is -1.64. The van der Waals surface area contributed by atoms with E-state index in [-0.39, 0.29) is 0 Å². The summed E-state index contributed by atoms with van der Waals surface area (Å²) in [7, 11) is 0. The van der Waals surface area contributed by atoms with E-state index >= 15 is 0 Å². The minimum absolute atomic E-state index is 0.392. The number of alkyl halides is 1. The Morgan fingerprint density at radius 1 is 1.58 bits per heavy atom. The maximum Gasteiger partial charge on any atom is 0.414 e. The Morgan fingerprint density at radius 2 is 2.25 bits per heavy atom. The summed E-state index contributed by atoms with van der Waals surface area (Å²) in [4.78, 5) is 23.7. The zero-order valence-electron chi connectivity index (χ0n) is 6.17. The molecule has 12 heavy (non-hydrogen) atoms. The van der Waals surface area contributed by atoms with Crippen LogP contribution in [0.1, 0.15) is 0 Å². The topological polar surface area (TPSA) is 59.8 Å². The standard InChI is InChI=1S/C6H7FN2O3/c1-8-4-5(10)9-6(11)12-3-2-7/h2-4H2,(H,9,10,11). The molecule has 6 heteroatoms. The summed E-state index contributed by atoms with van der Waals surface area (Å²) >= 11 is 0. The third kappa shape index (κ3) is 5.17. The van der Waals surface area contributed by atoms with Crippen LogP contribution < -0.4 is 5.32 Å². The second-order valence-corrected chi connectivity index (χ2v) is 1.69. The van der Waals surface area contributed by atoms with Gasteiger partial charge in [0.15, 0.2) is 0 Å². The normalized spacial score (nSPS) is 8.33. The average Bonchev–Trinajstić information content (AvgIpc) is 2.01. The van der Waals surface area contributed by atoms with Crippen LogP contribution in [0, 0.1) is 6.57 Å². The van der Waals surface area contributed by atoms with Crippen LogP contribution in [0.4, 0.5) is 9.18 Å². The first-order valence-electron chi connectivity index (χ1n) is 3.06. The number of hydrogen-bond donors (Lipinski definition) is 1. The Bertz CT molecular complexity index is 211. The van der Waals surface area contributed by atoms with Gasteiger partial charge in [0.05, 0.1) is 0 Å². The van der Waals surface area contributed by atoms with Gasteiger partial charge in [0.1, 0.15) is 13.3 Å². The fraction of sp³-hybridized carbons (Fsp3) is 0.500. The number of amides is 2. The van der Waals surface area contributed by atoms with E-state index in [0.717, 1.165) is 0 Å². The summed E-state index contributed by atoms with van der Waals surface area (Å²) in [6.07, 6.45) is -1.03. The minimum atomic E-state index is -1.03. The number of carbonyl (C=O) groups excluding carboxylic acids is 2. The van der Waals surface area contributed by atoms with Crippen molar-refractivity contribution in [2.45, 2.75) is 0 Å². The summed E-state index contributed by atoms with van der Waals surface area (Å²) in [5.74, 6) is -0.756. The SMILES string of the molecule is [C-]#[N+]CC(=O)NC(=O)OCCF. The lowest BCUT2D eigenvalue weighted by Crippen LogP contribution is -2.32. The highest BCUT2D eigenvalue weighted by Gasteiger charge is 2.09. The smallest absolute Gasteiger partial charge is 0.414 e. The number of carbonyl (C=O) groups is 2. The molecule has 2 amide bonds. The molecule has 0 saturated heterocycles. The number of nitrogens with one attached hydrogen (secondary N) is 1. The Balaban J connectivity index is 3.56. The van der Waals surface area contributed by atoms with E-state index in [9.17, 15) is 14.0 Å². The molecule has 1 N–H and O–H groups in total. The van der Waals surface area contributed by atoms with E-state index in [4.69, 9.17) is 6.57 Å². The largest absolute Gasteiger partial charge is 0.446 e. The van der Waals surface area contributed by atoms with Crippen molar-refractivity contribution >= 4 is 12.0 Å². The van der Waals surface area contributed by atoms with Gasteiger partial charge in [-0.2, -0.15) is 0 Å². The van der Waals surface area contributed by atoms with Gasteiger partial charge >= 0.3 is 12.0 Å². The molecule has 0 atom stereocenters. The summed E-state index contributed by atoms with van der Waals surface area (Å²) in [5, 5.41) is 1.74. The van der Waals surface area contributed by atoms with E-state index in [1.54, 1.807) is 5.32 Å². The van der Waals surface area contributed by atoms with Crippen molar-refractivity contribution in [1.29, 1.82) is 0 Å². The molecule has 66 valence electrons. The fourth-order valence-electron chi connectivity index (χ4n) is 0.393. The fourth-order valence-corrected chi connectivity index (χ4v) is 0.393. The monoisotopic (exact) mass is 174 g/mol. The first kappa shape index (κ1) is 10.4. The first-order chi connectivity index (χ1) is 5.70. The Morgan fingerprint density at radius 3 is 2.75 bits per heavy atom. The lowest BCUT2D eigenvalue weighted by atomic mass is 10.6. The molecule has 0 aromatic rings. The van der Waals surface area contributed by atoms with Crippen molar-refractivity contribution in [3.63, 3.8) is 0 Å². The lowest BCUT2D eigenvalue weighted by Gasteiger charge is -1.99. The lowest BCUT2D eigenvalue weighted by molar-refractivity contribution is -0.118. The van der Waals surface area contributed by atoms with Crippen LogP contribution in [0.15, 0.2) is 0 Å². The van der Waals surface area contributed by atoms with Gasteiger partial charge in [0.2, 0.25) is 0 Å². The highest BCUT2D eigenvalue weighted by molar-refractivity contribution is 5.93. The van der Waals surface area contributed by atoms with Crippen molar-refractivity contribution in [1.82, 2.24) is 5.32 Å². The van der Waals surface area contributed by atoms with Crippen LogP contribution in [-0.4, -0.2) is 31.8 Å². The van der Waals surface area contributed by atoms with Gasteiger partial charge in [-0.3, -0.25) is 10.1 Å². The highest BCUT2D eigenvalue weighted by atomic mass is 19.1. The van der Waals surface area contributed by atoms with Gasteiger partial charge < -0.3 is 9.58 Å². The van der Waals surface area contributed by atoms with Crippen LogP contribution in [-0.2, 0) is 9.53 Å². The quantitative estimate of drug-likeness (QED) is 0.618. The second-order valence-electron chi connectivity index (χ2n) is 1.69. The molecule has 0 aliphatic heterocycles. The van der Waals surface area contributed by atoms with Crippen LogP contribution in [0.3, 0.4) is 0 Å². The van der Waals surface area contributed by atoms with Gasteiger partial charge in [-0.25, -0.2) is 15.8 Å². The molecule has 0 aromatic carbocycles. The molecule has 0 rings (SSSR count). The number of halogens is 1. The highest BCUT2D eigenvalue weighted by Crippen LogP contribution is 1.79. The van der Waals surface area contributed by atoms with Gasteiger partial charge in [-0.05, 0) is 0 Å². The molecule has 0 bridgehead atoms. The van der Waals surface area contributed by atoms with E-state index in [0.29, 0.717) is 0 Å². The molecular weight excluding hydrogens is 167 g/mol.